The van der Waals surface area contributed by atoms with Gasteiger partial charge in [-0.25, -0.2) is 4.39 Å². The largest absolute Gasteiger partial charge is 0.356 e. The van der Waals surface area contributed by atoms with E-state index in [1.54, 1.807) is 12.1 Å². The van der Waals surface area contributed by atoms with E-state index in [9.17, 15) is 4.39 Å². The third kappa shape index (κ3) is 4.06. The van der Waals surface area contributed by atoms with E-state index < -0.39 is 0 Å². The van der Waals surface area contributed by atoms with Crippen LogP contribution in [0.1, 0.15) is 18.4 Å². The first-order chi connectivity index (χ1) is 8.34. The molecule has 1 aliphatic rings. The number of benzene rings is 1. The summed E-state index contributed by atoms with van der Waals surface area (Å²) in [5, 5.41) is 6.49. The Kier molecular flexibility index (Phi) is 4.36. The first-order valence-electron chi connectivity index (χ1n) is 6.11. The van der Waals surface area contributed by atoms with E-state index in [2.05, 4.69) is 15.6 Å². The second-order valence-electron chi connectivity index (χ2n) is 4.17. The number of nitrogens with zero attached hydrogens (tertiary/aromatic N) is 1. The number of rotatable bonds is 3. The lowest BCUT2D eigenvalue weighted by Gasteiger charge is -2.09. The van der Waals surface area contributed by atoms with Crippen molar-refractivity contribution in [2.75, 3.05) is 19.6 Å². The molecule has 2 N–H and O–H groups in total. The van der Waals surface area contributed by atoms with Gasteiger partial charge in [0, 0.05) is 19.6 Å². The van der Waals surface area contributed by atoms with Gasteiger partial charge in [0.2, 0.25) is 0 Å². The predicted molar refractivity (Wildman–Crippen MR) is 67.6 cm³/mol. The van der Waals surface area contributed by atoms with Crippen LogP contribution in [-0.4, -0.2) is 25.6 Å². The van der Waals surface area contributed by atoms with E-state index in [4.69, 9.17) is 0 Å². The zero-order valence-corrected chi connectivity index (χ0v) is 9.88. The van der Waals surface area contributed by atoms with Crippen LogP contribution in [0.3, 0.4) is 0 Å². The summed E-state index contributed by atoms with van der Waals surface area (Å²) >= 11 is 0. The van der Waals surface area contributed by atoms with Crippen LogP contribution in [-0.2, 0) is 6.42 Å². The van der Waals surface area contributed by atoms with Gasteiger partial charge < -0.3 is 10.6 Å². The normalized spacial score (nSPS) is 15.7. The molecular formula is C13H18FN3. The van der Waals surface area contributed by atoms with Crippen molar-refractivity contribution in [3.8, 4) is 0 Å². The highest BCUT2D eigenvalue weighted by molar-refractivity contribution is 5.79. The van der Waals surface area contributed by atoms with Gasteiger partial charge in [-0.15, -0.1) is 0 Å². The van der Waals surface area contributed by atoms with Gasteiger partial charge >= 0.3 is 0 Å². The van der Waals surface area contributed by atoms with E-state index in [1.165, 1.54) is 12.5 Å². The number of guanidine groups is 1. The Morgan fingerprint density at radius 1 is 1.35 bits per heavy atom. The van der Waals surface area contributed by atoms with Gasteiger partial charge in [-0.1, -0.05) is 12.1 Å². The fourth-order valence-electron chi connectivity index (χ4n) is 1.83. The highest BCUT2D eigenvalue weighted by Gasteiger charge is 2.02. The molecule has 1 aromatic rings. The van der Waals surface area contributed by atoms with Crippen molar-refractivity contribution >= 4 is 5.96 Å². The Bertz CT molecular complexity index is 390. The molecule has 0 fully saturated rings. The molecular weight excluding hydrogens is 217 g/mol. The zero-order valence-electron chi connectivity index (χ0n) is 9.88. The molecule has 0 saturated heterocycles. The smallest absolute Gasteiger partial charge is 0.191 e. The highest BCUT2D eigenvalue weighted by Crippen LogP contribution is 2.03. The van der Waals surface area contributed by atoms with Gasteiger partial charge in [0.1, 0.15) is 5.82 Å². The lowest BCUT2D eigenvalue weighted by molar-refractivity contribution is 0.625. The van der Waals surface area contributed by atoms with Crippen molar-refractivity contribution in [2.24, 2.45) is 4.99 Å². The average Bonchev–Trinajstić information content (AvgIpc) is 2.58. The number of halogens is 1. The summed E-state index contributed by atoms with van der Waals surface area (Å²) in [6.45, 7) is 2.64. The zero-order chi connectivity index (χ0) is 11.9. The van der Waals surface area contributed by atoms with E-state index >= 15 is 0 Å². The molecule has 17 heavy (non-hydrogen) atoms. The number of hydrogen-bond donors (Lipinski definition) is 2. The molecule has 4 heteroatoms. The van der Waals surface area contributed by atoms with Gasteiger partial charge in [-0.3, -0.25) is 4.99 Å². The monoisotopic (exact) mass is 235 g/mol. The fourth-order valence-corrected chi connectivity index (χ4v) is 1.83. The van der Waals surface area contributed by atoms with Crippen LogP contribution in [0.5, 0.6) is 0 Å². The van der Waals surface area contributed by atoms with Crippen LogP contribution >= 0.6 is 0 Å². The van der Waals surface area contributed by atoms with Gasteiger partial charge in [0.15, 0.2) is 5.96 Å². The fraction of sp³-hybridized carbons (Fsp3) is 0.462. The summed E-state index contributed by atoms with van der Waals surface area (Å²) in [5.41, 5.74) is 1.01. The van der Waals surface area contributed by atoms with Crippen molar-refractivity contribution in [1.29, 1.82) is 0 Å². The molecule has 92 valence electrons. The molecule has 0 atom stereocenters. The maximum absolute atomic E-state index is 12.9. The third-order valence-electron chi connectivity index (χ3n) is 2.74. The second kappa shape index (κ2) is 6.23. The Labute approximate surface area is 101 Å². The van der Waals surface area contributed by atoms with E-state index in [0.717, 1.165) is 44.0 Å². The molecule has 3 nitrogen and oxygen atoms in total. The van der Waals surface area contributed by atoms with Crippen LogP contribution in [0, 0.1) is 5.82 Å². The number of nitrogens with one attached hydrogen (secondary N) is 2. The molecule has 0 bridgehead atoms. The summed E-state index contributed by atoms with van der Waals surface area (Å²) in [7, 11) is 0. The second-order valence-corrected chi connectivity index (χ2v) is 4.17. The van der Waals surface area contributed by atoms with Gasteiger partial charge in [0.25, 0.3) is 0 Å². The van der Waals surface area contributed by atoms with Crippen LogP contribution in [0.2, 0.25) is 0 Å². The van der Waals surface area contributed by atoms with Crippen molar-refractivity contribution in [2.45, 2.75) is 19.3 Å². The Hall–Kier alpha value is -1.58. The van der Waals surface area contributed by atoms with E-state index in [1.807, 2.05) is 6.07 Å². The Morgan fingerprint density at radius 3 is 3.18 bits per heavy atom. The minimum absolute atomic E-state index is 0.174. The molecule has 0 amide bonds. The quantitative estimate of drug-likeness (QED) is 0.836. The standard InChI is InChI=1S/C13H18FN3/c14-12-5-3-4-11(10-12)6-9-17-13-15-7-1-2-8-16-13/h3-5,10H,1-2,6-9H2,(H2,15,16,17). The minimum atomic E-state index is -0.174. The molecule has 1 aromatic carbocycles. The van der Waals surface area contributed by atoms with E-state index in [-0.39, 0.29) is 5.82 Å². The SMILES string of the molecule is Fc1cccc(CCNC2=NCCCCN2)c1. The number of hydrogen-bond acceptors (Lipinski definition) is 3. The predicted octanol–water partition coefficient (Wildman–Crippen LogP) is 1.70. The summed E-state index contributed by atoms with van der Waals surface area (Å²) < 4.78 is 12.9. The summed E-state index contributed by atoms with van der Waals surface area (Å²) in [6.07, 6.45) is 3.11. The summed E-state index contributed by atoms with van der Waals surface area (Å²) in [6, 6.07) is 6.72. The lowest BCUT2D eigenvalue weighted by atomic mass is 10.1. The van der Waals surface area contributed by atoms with Crippen molar-refractivity contribution in [3.63, 3.8) is 0 Å². The van der Waals surface area contributed by atoms with Crippen LogP contribution in [0.25, 0.3) is 0 Å². The minimum Gasteiger partial charge on any atom is -0.356 e. The molecule has 2 rings (SSSR count). The first-order valence-corrected chi connectivity index (χ1v) is 6.11. The lowest BCUT2D eigenvalue weighted by Crippen LogP contribution is -2.38. The summed E-state index contributed by atoms with van der Waals surface area (Å²) in [4.78, 5) is 4.39. The van der Waals surface area contributed by atoms with Crippen molar-refractivity contribution in [1.82, 2.24) is 10.6 Å². The molecule has 1 aliphatic heterocycles. The molecule has 1 heterocycles. The van der Waals surface area contributed by atoms with E-state index in [0.29, 0.717) is 0 Å². The third-order valence-corrected chi connectivity index (χ3v) is 2.74. The molecule has 0 radical (unpaired) electrons. The van der Waals surface area contributed by atoms with Gasteiger partial charge in [0.05, 0.1) is 0 Å². The van der Waals surface area contributed by atoms with Crippen LogP contribution < -0.4 is 10.6 Å². The Morgan fingerprint density at radius 2 is 2.29 bits per heavy atom. The van der Waals surface area contributed by atoms with Gasteiger partial charge in [-0.05, 0) is 37.0 Å². The van der Waals surface area contributed by atoms with Crippen LogP contribution in [0.15, 0.2) is 29.3 Å². The van der Waals surface area contributed by atoms with Crippen molar-refractivity contribution < 1.29 is 4.39 Å². The van der Waals surface area contributed by atoms with Gasteiger partial charge in [-0.2, -0.15) is 0 Å². The molecule has 0 aromatic heterocycles. The highest BCUT2D eigenvalue weighted by atomic mass is 19.1. The molecule has 0 spiro atoms. The van der Waals surface area contributed by atoms with Crippen LogP contribution in [0.4, 0.5) is 4.39 Å². The molecule has 0 saturated carbocycles. The molecule has 0 unspecified atom stereocenters. The summed E-state index contributed by atoms with van der Waals surface area (Å²) in [5.74, 6) is 0.700. The maximum atomic E-state index is 12.9. The topological polar surface area (TPSA) is 36.4 Å². The number of aliphatic imine (C=N–C) groups is 1. The first kappa shape index (κ1) is 11.9. The average molecular weight is 235 g/mol. The maximum Gasteiger partial charge on any atom is 0.191 e. The Balaban J connectivity index is 1.77. The van der Waals surface area contributed by atoms with Crippen molar-refractivity contribution in [3.05, 3.63) is 35.6 Å². The molecule has 0 aliphatic carbocycles.